The number of piperidine rings is 1. The Hall–Kier alpha value is -4.49. The van der Waals surface area contributed by atoms with Crippen LogP contribution in [0.2, 0.25) is 0 Å². The number of nitrogens with one attached hydrogen (secondary N) is 1. The van der Waals surface area contributed by atoms with Crippen LogP contribution in [-0.4, -0.2) is 70.7 Å². The normalized spacial score (nSPS) is 14.0. The Morgan fingerprint density at radius 2 is 1.87 bits per heavy atom. The highest BCUT2D eigenvalue weighted by molar-refractivity contribution is 5.85. The van der Waals surface area contributed by atoms with Gasteiger partial charge in [0.1, 0.15) is 5.52 Å². The summed E-state index contributed by atoms with van der Waals surface area (Å²) in [4.78, 5) is 30.4. The second-order valence-corrected chi connectivity index (χ2v) is 9.54. The number of nitriles is 1. The highest BCUT2D eigenvalue weighted by Gasteiger charge is 2.26. The summed E-state index contributed by atoms with van der Waals surface area (Å²) in [6, 6.07) is 14.1. The molecule has 1 N–H and O–H groups in total. The Morgan fingerprint density at radius 3 is 2.50 bits per heavy atom. The van der Waals surface area contributed by atoms with Gasteiger partial charge in [-0.05, 0) is 51.2 Å². The first kappa shape index (κ1) is 25.2. The second kappa shape index (κ2) is 10.9. The molecular formula is C28H30N8O2. The molecule has 1 aromatic carbocycles. The summed E-state index contributed by atoms with van der Waals surface area (Å²) < 4.78 is 6.71. The molecule has 10 nitrogen and oxygen atoms in total. The average molecular weight is 511 g/mol. The predicted octanol–water partition coefficient (Wildman–Crippen LogP) is 3.72. The van der Waals surface area contributed by atoms with E-state index in [1.807, 2.05) is 36.8 Å². The van der Waals surface area contributed by atoms with Gasteiger partial charge in [-0.25, -0.2) is 14.8 Å². The Balaban J connectivity index is 1.59. The van der Waals surface area contributed by atoms with Gasteiger partial charge in [-0.1, -0.05) is 12.1 Å². The van der Waals surface area contributed by atoms with Gasteiger partial charge in [-0.2, -0.15) is 5.26 Å². The molecule has 0 unspecified atom stereocenters. The molecule has 10 heteroatoms. The largest absolute Gasteiger partial charge is 0.453 e. The average Bonchev–Trinajstić information content (AvgIpc) is 3.45. The van der Waals surface area contributed by atoms with Crippen molar-refractivity contribution in [2.24, 2.45) is 0 Å². The van der Waals surface area contributed by atoms with Crippen LogP contribution in [0.15, 0.2) is 55.1 Å². The van der Waals surface area contributed by atoms with Crippen molar-refractivity contribution in [3.63, 3.8) is 0 Å². The number of nitrogens with zero attached hydrogens (tertiary/aromatic N) is 7. The summed E-state index contributed by atoms with van der Waals surface area (Å²) in [7, 11) is 5.60. The molecule has 0 bridgehead atoms. The predicted molar refractivity (Wildman–Crippen MR) is 145 cm³/mol. The number of carbonyl (C=O) groups excluding carboxylic acids is 1. The van der Waals surface area contributed by atoms with Crippen LogP contribution in [0, 0.1) is 11.3 Å². The van der Waals surface area contributed by atoms with Crippen molar-refractivity contribution in [1.82, 2.24) is 29.6 Å². The molecule has 0 aliphatic carbocycles. The monoisotopic (exact) mass is 510 g/mol. The van der Waals surface area contributed by atoms with E-state index in [1.165, 1.54) is 7.11 Å². The quantitative estimate of drug-likeness (QED) is 0.418. The van der Waals surface area contributed by atoms with Crippen LogP contribution in [0.5, 0.6) is 0 Å². The van der Waals surface area contributed by atoms with E-state index < -0.39 is 6.09 Å². The summed E-state index contributed by atoms with van der Waals surface area (Å²) in [6.45, 7) is 2.08. The van der Waals surface area contributed by atoms with Crippen molar-refractivity contribution in [2.75, 3.05) is 39.2 Å². The zero-order valence-electron chi connectivity index (χ0n) is 21.8. The van der Waals surface area contributed by atoms with Gasteiger partial charge in [0.2, 0.25) is 0 Å². The fourth-order valence-electron chi connectivity index (χ4n) is 4.88. The van der Waals surface area contributed by atoms with E-state index >= 15 is 0 Å². The number of hydrogen-bond donors (Lipinski definition) is 1. The molecule has 1 aliphatic heterocycles. The third-order valence-electron chi connectivity index (χ3n) is 7.03. The summed E-state index contributed by atoms with van der Waals surface area (Å²) in [5.74, 6) is 0.898. The van der Waals surface area contributed by atoms with Crippen LogP contribution >= 0.6 is 0 Å². The number of hydrogen-bond acceptors (Lipinski definition) is 8. The Kier molecular flexibility index (Phi) is 7.20. The first-order valence-electron chi connectivity index (χ1n) is 12.5. The number of methoxy groups -OCH3 is 1. The molecule has 3 aromatic heterocycles. The third-order valence-corrected chi connectivity index (χ3v) is 7.03. The topological polar surface area (TPSA) is 112 Å². The van der Waals surface area contributed by atoms with Crippen LogP contribution in [-0.2, 0) is 11.3 Å². The SMILES string of the molecule is COC(=O)NCc1ccc(-c2c(-c3ccc(C#N)cc3)nc(N3CCC(N(C)C)CC3)c3cncn23)cn1. The van der Waals surface area contributed by atoms with Crippen LogP contribution in [0.1, 0.15) is 24.1 Å². The minimum atomic E-state index is -0.506. The number of imidazole rings is 1. The van der Waals surface area contributed by atoms with Gasteiger partial charge in [-0.3, -0.25) is 9.38 Å². The van der Waals surface area contributed by atoms with Crippen molar-refractivity contribution in [3.05, 3.63) is 66.4 Å². The van der Waals surface area contributed by atoms with E-state index in [-0.39, 0.29) is 6.54 Å². The lowest BCUT2D eigenvalue weighted by atomic mass is 10.0. The Bertz CT molecular complexity index is 1460. The molecule has 4 aromatic rings. The van der Waals surface area contributed by atoms with Crippen LogP contribution in [0.3, 0.4) is 0 Å². The molecule has 1 amide bonds. The zero-order chi connectivity index (χ0) is 26.6. The maximum Gasteiger partial charge on any atom is 0.407 e. The van der Waals surface area contributed by atoms with Crippen LogP contribution in [0.4, 0.5) is 10.6 Å². The van der Waals surface area contributed by atoms with Crippen molar-refractivity contribution in [2.45, 2.75) is 25.4 Å². The fourth-order valence-corrected chi connectivity index (χ4v) is 4.88. The van der Waals surface area contributed by atoms with Gasteiger partial charge < -0.3 is 19.9 Å². The molecular weight excluding hydrogens is 480 g/mol. The minimum absolute atomic E-state index is 0.260. The number of anilines is 1. The maximum absolute atomic E-state index is 11.4. The highest BCUT2D eigenvalue weighted by atomic mass is 16.5. The lowest BCUT2D eigenvalue weighted by Crippen LogP contribution is -2.42. The van der Waals surface area contributed by atoms with Gasteiger partial charge in [-0.15, -0.1) is 0 Å². The molecule has 1 aliphatic rings. The van der Waals surface area contributed by atoms with E-state index in [0.29, 0.717) is 17.3 Å². The van der Waals surface area contributed by atoms with Gasteiger partial charge in [0.15, 0.2) is 5.82 Å². The molecule has 0 saturated carbocycles. The van der Waals surface area contributed by atoms with Crippen molar-refractivity contribution in [1.29, 1.82) is 5.26 Å². The molecule has 1 fully saturated rings. The number of benzene rings is 1. The number of alkyl carbamates (subject to hydrolysis) is 1. The molecule has 0 spiro atoms. The van der Waals surface area contributed by atoms with E-state index in [4.69, 9.17) is 4.98 Å². The second-order valence-electron chi connectivity index (χ2n) is 9.54. The summed E-state index contributed by atoms with van der Waals surface area (Å²) >= 11 is 0. The number of rotatable bonds is 6. The van der Waals surface area contributed by atoms with E-state index in [1.54, 1.807) is 18.3 Å². The molecule has 0 radical (unpaired) electrons. The van der Waals surface area contributed by atoms with Gasteiger partial charge >= 0.3 is 6.09 Å². The lowest BCUT2D eigenvalue weighted by molar-refractivity contribution is 0.170. The Morgan fingerprint density at radius 1 is 1.13 bits per heavy atom. The highest BCUT2D eigenvalue weighted by Crippen LogP contribution is 2.36. The van der Waals surface area contributed by atoms with Gasteiger partial charge in [0.25, 0.3) is 0 Å². The van der Waals surface area contributed by atoms with Crippen LogP contribution < -0.4 is 10.2 Å². The van der Waals surface area contributed by atoms with E-state index in [2.05, 4.69) is 54.4 Å². The third kappa shape index (κ3) is 5.01. The van der Waals surface area contributed by atoms with E-state index in [9.17, 15) is 10.1 Å². The smallest absolute Gasteiger partial charge is 0.407 e. The summed E-state index contributed by atoms with van der Waals surface area (Å²) in [5, 5.41) is 12.0. The van der Waals surface area contributed by atoms with E-state index in [0.717, 1.165) is 59.8 Å². The summed E-state index contributed by atoms with van der Waals surface area (Å²) in [6.07, 6.45) is 7.06. The number of amides is 1. The number of pyridine rings is 1. The lowest BCUT2D eigenvalue weighted by Gasteiger charge is -2.36. The first-order valence-corrected chi connectivity index (χ1v) is 12.5. The van der Waals surface area contributed by atoms with Gasteiger partial charge in [0, 0.05) is 36.5 Å². The Labute approximate surface area is 221 Å². The van der Waals surface area contributed by atoms with Crippen molar-refractivity contribution < 1.29 is 9.53 Å². The molecule has 194 valence electrons. The molecule has 4 heterocycles. The van der Waals surface area contributed by atoms with Crippen molar-refractivity contribution >= 4 is 17.4 Å². The molecule has 38 heavy (non-hydrogen) atoms. The molecule has 0 atom stereocenters. The maximum atomic E-state index is 11.4. The molecule has 5 rings (SSSR count). The zero-order valence-corrected chi connectivity index (χ0v) is 21.8. The first-order chi connectivity index (χ1) is 18.5. The number of aromatic nitrogens is 4. The standard InChI is InChI=1S/C28H30N8O2/c1-34(2)23-10-12-35(13-11-23)27-24-17-30-18-36(24)26(25(33-27)20-6-4-19(14-29)5-7-20)21-8-9-22(31-15-21)16-32-28(37)38-3/h4-9,15,17-18,23H,10-13,16H2,1-3H3,(H,32,37). The van der Waals surface area contributed by atoms with Crippen LogP contribution in [0.25, 0.3) is 28.0 Å². The summed E-state index contributed by atoms with van der Waals surface area (Å²) in [5.41, 5.74) is 5.62. The van der Waals surface area contributed by atoms with Crippen molar-refractivity contribution in [3.8, 4) is 28.6 Å². The number of carbonyl (C=O) groups is 1. The van der Waals surface area contributed by atoms with Gasteiger partial charge in [0.05, 0.1) is 54.9 Å². The molecule has 1 saturated heterocycles. The number of fused-ring (bicyclic) bond motifs is 1. The number of ether oxygens (including phenoxy) is 1. The fraction of sp³-hybridized carbons (Fsp3) is 0.321. The minimum Gasteiger partial charge on any atom is -0.453 e.